The van der Waals surface area contributed by atoms with Crippen LogP contribution in [0.1, 0.15) is 40.0 Å². The van der Waals surface area contributed by atoms with Gasteiger partial charge in [0.1, 0.15) is 0 Å². The molecular formula is C12H26N2O2. The Morgan fingerprint density at radius 1 is 1.31 bits per heavy atom. The van der Waals surface area contributed by atoms with Crippen LogP contribution in [0.15, 0.2) is 0 Å². The molecule has 0 aromatic carbocycles. The van der Waals surface area contributed by atoms with Gasteiger partial charge in [0.2, 0.25) is 5.91 Å². The predicted molar refractivity (Wildman–Crippen MR) is 66.2 cm³/mol. The zero-order chi connectivity index (χ0) is 12.4. The molecule has 0 aliphatic heterocycles. The van der Waals surface area contributed by atoms with E-state index in [4.69, 9.17) is 5.11 Å². The molecular weight excluding hydrogens is 204 g/mol. The van der Waals surface area contributed by atoms with Crippen LogP contribution in [0.2, 0.25) is 0 Å². The number of aliphatic hydroxyl groups is 1. The summed E-state index contributed by atoms with van der Waals surface area (Å²) in [5, 5.41) is 14.9. The van der Waals surface area contributed by atoms with Gasteiger partial charge >= 0.3 is 0 Å². The highest BCUT2D eigenvalue weighted by molar-refractivity contribution is 5.81. The normalized spacial score (nSPS) is 14.5. The van der Waals surface area contributed by atoms with E-state index in [0.29, 0.717) is 12.5 Å². The lowest BCUT2D eigenvalue weighted by Gasteiger charge is -2.19. The van der Waals surface area contributed by atoms with Crippen LogP contribution in [0.5, 0.6) is 0 Å². The monoisotopic (exact) mass is 230 g/mol. The standard InChI is InChI=1S/C12H26N2O2/c1-4-6-11(7-8-15)9-14-10(3)12(16)13-5-2/h10-11,14-15H,4-9H2,1-3H3,(H,13,16). The average molecular weight is 230 g/mol. The molecule has 96 valence electrons. The summed E-state index contributed by atoms with van der Waals surface area (Å²) in [5.74, 6) is 0.508. The molecule has 2 unspecified atom stereocenters. The third kappa shape index (κ3) is 6.80. The zero-order valence-corrected chi connectivity index (χ0v) is 10.8. The van der Waals surface area contributed by atoms with Crippen molar-refractivity contribution in [2.45, 2.75) is 46.1 Å². The van der Waals surface area contributed by atoms with Crippen molar-refractivity contribution in [2.24, 2.45) is 5.92 Å². The lowest BCUT2D eigenvalue weighted by Crippen LogP contribution is -2.43. The van der Waals surface area contributed by atoms with Gasteiger partial charge in [-0.05, 0) is 39.2 Å². The molecule has 4 nitrogen and oxygen atoms in total. The second-order valence-corrected chi connectivity index (χ2v) is 4.19. The van der Waals surface area contributed by atoms with Gasteiger partial charge in [0.25, 0.3) is 0 Å². The summed E-state index contributed by atoms with van der Waals surface area (Å²) in [6.07, 6.45) is 3.01. The van der Waals surface area contributed by atoms with Gasteiger partial charge in [0.05, 0.1) is 6.04 Å². The molecule has 3 N–H and O–H groups in total. The van der Waals surface area contributed by atoms with E-state index in [-0.39, 0.29) is 18.6 Å². The summed E-state index contributed by atoms with van der Waals surface area (Å²) in [7, 11) is 0. The van der Waals surface area contributed by atoms with Crippen LogP contribution in [-0.2, 0) is 4.79 Å². The Morgan fingerprint density at radius 3 is 2.50 bits per heavy atom. The quantitative estimate of drug-likeness (QED) is 0.551. The Kier molecular flexibility index (Phi) is 9.24. The van der Waals surface area contributed by atoms with Crippen LogP contribution in [0.4, 0.5) is 0 Å². The number of hydrogen-bond acceptors (Lipinski definition) is 3. The molecule has 1 amide bonds. The number of amides is 1. The van der Waals surface area contributed by atoms with Crippen molar-refractivity contribution in [1.29, 1.82) is 0 Å². The maximum Gasteiger partial charge on any atom is 0.236 e. The molecule has 0 heterocycles. The maximum atomic E-state index is 11.4. The minimum atomic E-state index is -0.155. The first-order valence-electron chi connectivity index (χ1n) is 6.27. The summed E-state index contributed by atoms with van der Waals surface area (Å²) in [6, 6.07) is -0.155. The smallest absolute Gasteiger partial charge is 0.236 e. The maximum absolute atomic E-state index is 11.4. The fourth-order valence-corrected chi connectivity index (χ4v) is 1.70. The van der Waals surface area contributed by atoms with Crippen LogP contribution in [0.3, 0.4) is 0 Å². The van der Waals surface area contributed by atoms with Gasteiger partial charge in [-0.25, -0.2) is 0 Å². The molecule has 0 aromatic heterocycles. The minimum Gasteiger partial charge on any atom is -0.396 e. The van der Waals surface area contributed by atoms with E-state index in [2.05, 4.69) is 17.6 Å². The summed E-state index contributed by atoms with van der Waals surface area (Å²) in [5.41, 5.74) is 0. The van der Waals surface area contributed by atoms with Gasteiger partial charge in [0, 0.05) is 13.2 Å². The Bertz CT molecular complexity index is 180. The molecule has 0 radical (unpaired) electrons. The van der Waals surface area contributed by atoms with Crippen molar-refractivity contribution in [3.05, 3.63) is 0 Å². The molecule has 0 fully saturated rings. The van der Waals surface area contributed by atoms with Crippen molar-refractivity contribution in [2.75, 3.05) is 19.7 Å². The van der Waals surface area contributed by atoms with Crippen LogP contribution in [0.25, 0.3) is 0 Å². The number of rotatable bonds is 9. The van der Waals surface area contributed by atoms with Crippen molar-refractivity contribution in [3.63, 3.8) is 0 Å². The predicted octanol–water partition coefficient (Wildman–Crippen LogP) is 0.899. The molecule has 2 atom stereocenters. The highest BCUT2D eigenvalue weighted by Crippen LogP contribution is 2.09. The van der Waals surface area contributed by atoms with Crippen molar-refractivity contribution in [3.8, 4) is 0 Å². The van der Waals surface area contributed by atoms with Gasteiger partial charge in [-0.15, -0.1) is 0 Å². The first-order valence-corrected chi connectivity index (χ1v) is 6.27. The van der Waals surface area contributed by atoms with Crippen LogP contribution in [-0.4, -0.2) is 36.8 Å². The molecule has 0 aromatic rings. The minimum absolute atomic E-state index is 0.0433. The largest absolute Gasteiger partial charge is 0.396 e. The molecule has 0 bridgehead atoms. The number of carbonyl (C=O) groups is 1. The molecule has 0 aliphatic rings. The summed E-state index contributed by atoms with van der Waals surface area (Å²) in [4.78, 5) is 11.4. The third-order valence-electron chi connectivity index (χ3n) is 2.69. The SMILES string of the molecule is CCCC(CCO)CNC(C)C(=O)NCC. The highest BCUT2D eigenvalue weighted by atomic mass is 16.3. The van der Waals surface area contributed by atoms with E-state index in [0.717, 1.165) is 25.8 Å². The lowest BCUT2D eigenvalue weighted by atomic mass is 10.00. The fourth-order valence-electron chi connectivity index (χ4n) is 1.70. The summed E-state index contributed by atoms with van der Waals surface area (Å²) in [6.45, 7) is 7.61. The van der Waals surface area contributed by atoms with Crippen molar-refractivity contribution < 1.29 is 9.90 Å². The van der Waals surface area contributed by atoms with Gasteiger partial charge in [-0.3, -0.25) is 4.79 Å². The number of nitrogens with one attached hydrogen (secondary N) is 2. The topological polar surface area (TPSA) is 61.4 Å². The molecule has 0 saturated carbocycles. The number of likely N-dealkylation sites (N-methyl/N-ethyl adjacent to an activating group) is 1. The van der Waals surface area contributed by atoms with Gasteiger partial charge in [0.15, 0.2) is 0 Å². The van der Waals surface area contributed by atoms with Crippen LogP contribution < -0.4 is 10.6 Å². The number of aliphatic hydroxyl groups excluding tert-OH is 1. The fraction of sp³-hybridized carbons (Fsp3) is 0.917. The van der Waals surface area contributed by atoms with E-state index in [1.54, 1.807) is 0 Å². The first-order chi connectivity index (χ1) is 7.65. The van der Waals surface area contributed by atoms with E-state index in [9.17, 15) is 4.79 Å². The van der Waals surface area contributed by atoms with E-state index in [1.807, 2.05) is 13.8 Å². The molecule has 0 spiro atoms. The van der Waals surface area contributed by atoms with Crippen molar-refractivity contribution >= 4 is 5.91 Å². The Balaban J connectivity index is 3.84. The number of hydrogen-bond donors (Lipinski definition) is 3. The van der Waals surface area contributed by atoms with E-state index < -0.39 is 0 Å². The van der Waals surface area contributed by atoms with Crippen LogP contribution in [0, 0.1) is 5.92 Å². The Morgan fingerprint density at radius 2 is 2.00 bits per heavy atom. The van der Waals surface area contributed by atoms with Gasteiger partial charge < -0.3 is 15.7 Å². The van der Waals surface area contributed by atoms with E-state index >= 15 is 0 Å². The average Bonchev–Trinajstić information content (AvgIpc) is 2.26. The Labute approximate surface area is 98.8 Å². The molecule has 0 saturated heterocycles. The molecule has 4 heteroatoms. The summed E-state index contributed by atoms with van der Waals surface area (Å²) >= 11 is 0. The second-order valence-electron chi connectivity index (χ2n) is 4.19. The second kappa shape index (κ2) is 9.60. The third-order valence-corrected chi connectivity index (χ3v) is 2.69. The Hall–Kier alpha value is -0.610. The lowest BCUT2D eigenvalue weighted by molar-refractivity contribution is -0.122. The first kappa shape index (κ1) is 15.4. The summed E-state index contributed by atoms with van der Waals surface area (Å²) < 4.78 is 0. The van der Waals surface area contributed by atoms with Crippen molar-refractivity contribution in [1.82, 2.24) is 10.6 Å². The van der Waals surface area contributed by atoms with Gasteiger partial charge in [-0.2, -0.15) is 0 Å². The molecule has 0 aliphatic carbocycles. The van der Waals surface area contributed by atoms with E-state index in [1.165, 1.54) is 0 Å². The van der Waals surface area contributed by atoms with Gasteiger partial charge in [-0.1, -0.05) is 13.3 Å². The molecule has 0 rings (SSSR count). The molecule has 16 heavy (non-hydrogen) atoms. The highest BCUT2D eigenvalue weighted by Gasteiger charge is 2.13. The number of carbonyl (C=O) groups excluding carboxylic acids is 1. The zero-order valence-electron chi connectivity index (χ0n) is 10.8. The van der Waals surface area contributed by atoms with Crippen LogP contribution >= 0.6 is 0 Å².